The molecule has 0 aliphatic heterocycles. The van der Waals surface area contributed by atoms with Crippen LogP contribution in [0.5, 0.6) is 0 Å². The van der Waals surface area contributed by atoms with Crippen molar-refractivity contribution in [3.8, 4) is 11.1 Å². The minimum atomic E-state index is -0.660. The van der Waals surface area contributed by atoms with E-state index in [0.29, 0.717) is 6.54 Å². The predicted molar refractivity (Wildman–Crippen MR) is 116 cm³/mol. The summed E-state index contributed by atoms with van der Waals surface area (Å²) in [5.74, 6) is -1.23. The second-order valence-corrected chi connectivity index (χ2v) is 6.99. The van der Waals surface area contributed by atoms with Crippen LogP contribution in [0.2, 0.25) is 0 Å². The average molecular weight is 391 g/mol. The van der Waals surface area contributed by atoms with Gasteiger partial charge >= 0.3 is 5.97 Å². The second-order valence-electron chi connectivity index (χ2n) is 6.99. The Balaban J connectivity index is 1.83. The summed E-state index contributed by atoms with van der Waals surface area (Å²) in [6.07, 6.45) is 2.06. The van der Waals surface area contributed by atoms with Crippen LogP contribution in [-0.4, -0.2) is 19.6 Å². The first-order valence-electron chi connectivity index (χ1n) is 9.89. The average Bonchev–Trinajstić information content (AvgIpc) is 2.77. The van der Waals surface area contributed by atoms with E-state index >= 15 is 0 Å². The minimum absolute atomic E-state index is 0.0362. The molecule has 3 aromatic carbocycles. The van der Waals surface area contributed by atoms with Crippen LogP contribution in [0, 0.1) is 5.82 Å². The maximum Gasteiger partial charge on any atom is 0.340 e. The molecule has 0 heterocycles. The van der Waals surface area contributed by atoms with E-state index in [4.69, 9.17) is 4.74 Å². The molecule has 0 N–H and O–H groups in total. The normalized spacial score (nSPS) is 10.6. The molecule has 0 spiro atoms. The molecule has 0 fully saturated rings. The second kappa shape index (κ2) is 9.87. The number of unbranched alkanes of at least 4 members (excludes halogenated alkanes) is 1. The van der Waals surface area contributed by atoms with Crippen molar-refractivity contribution in [3.05, 3.63) is 89.7 Å². The van der Waals surface area contributed by atoms with Gasteiger partial charge in [0.1, 0.15) is 5.82 Å². The molecular weight excluding hydrogens is 365 g/mol. The third kappa shape index (κ3) is 5.23. The lowest BCUT2D eigenvalue weighted by Crippen LogP contribution is -2.24. The van der Waals surface area contributed by atoms with E-state index in [1.54, 1.807) is 12.1 Å². The van der Waals surface area contributed by atoms with Crippen LogP contribution in [0.3, 0.4) is 0 Å². The van der Waals surface area contributed by atoms with E-state index in [2.05, 4.69) is 48.2 Å². The highest BCUT2D eigenvalue weighted by Crippen LogP contribution is 2.24. The number of anilines is 1. The predicted octanol–water partition coefficient (Wildman–Crippen LogP) is 6.09. The third-order valence-electron chi connectivity index (χ3n) is 4.94. The van der Waals surface area contributed by atoms with E-state index in [-0.39, 0.29) is 5.56 Å². The van der Waals surface area contributed by atoms with Crippen LogP contribution in [0.1, 0.15) is 35.7 Å². The Morgan fingerprint density at radius 2 is 1.66 bits per heavy atom. The van der Waals surface area contributed by atoms with Gasteiger partial charge in [0.25, 0.3) is 0 Å². The van der Waals surface area contributed by atoms with Gasteiger partial charge in [0, 0.05) is 18.8 Å². The van der Waals surface area contributed by atoms with Gasteiger partial charge in [0.15, 0.2) is 0 Å². The molecule has 0 atom stereocenters. The number of benzene rings is 3. The lowest BCUT2D eigenvalue weighted by atomic mass is 10.0. The highest BCUT2D eigenvalue weighted by atomic mass is 19.1. The zero-order valence-corrected chi connectivity index (χ0v) is 16.9. The van der Waals surface area contributed by atoms with Crippen molar-refractivity contribution >= 4 is 11.7 Å². The van der Waals surface area contributed by atoms with Crippen LogP contribution >= 0.6 is 0 Å². The summed E-state index contributed by atoms with van der Waals surface area (Å²) in [4.78, 5) is 14.0. The molecule has 3 rings (SSSR count). The van der Waals surface area contributed by atoms with E-state index in [1.807, 2.05) is 18.2 Å². The monoisotopic (exact) mass is 391 g/mol. The first-order valence-corrected chi connectivity index (χ1v) is 9.89. The summed E-state index contributed by atoms with van der Waals surface area (Å²) < 4.78 is 18.7. The number of esters is 1. The summed E-state index contributed by atoms with van der Waals surface area (Å²) in [7, 11) is 1.26. The molecule has 150 valence electrons. The number of rotatable bonds is 8. The smallest absolute Gasteiger partial charge is 0.340 e. The molecular formula is C25H26FNO2. The lowest BCUT2D eigenvalue weighted by Gasteiger charge is -2.25. The number of carbonyl (C=O) groups excluding carboxylic acids is 1. The van der Waals surface area contributed by atoms with Gasteiger partial charge in [-0.15, -0.1) is 0 Å². The van der Waals surface area contributed by atoms with Crippen molar-refractivity contribution in [2.24, 2.45) is 0 Å². The first-order chi connectivity index (χ1) is 14.1. The summed E-state index contributed by atoms with van der Waals surface area (Å²) in [6.45, 7) is 3.64. The van der Waals surface area contributed by atoms with Crippen molar-refractivity contribution in [3.63, 3.8) is 0 Å². The van der Waals surface area contributed by atoms with Gasteiger partial charge < -0.3 is 9.64 Å². The minimum Gasteiger partial charge on any atom is -0.465 e. The zero-order valence-electron chi connectivity index (χ0n) is 16.9. The SMILES string of the molecule is CCCCN(Cc1ccc(-c2ccccc2)cc1)c1ccc(F)c(C(=O)OC)c1. The molecule has 3 nitrogen and oxygen atoms in total. The lowest BCUT2D eigenvalue weighted by molar-refractivity contribution is 0.0595. The summed E-state index contributed by atoms with van der Waals surface area (Å²) in [6, 6.07) is 23.4. The number of hydrogen-bond acceptors (Lipinski definition) is 3. The van der Waals surface area contributed by atoms with Crippen molar-refractivity contribution in [2.45, 2.75) is 26.3 Å². The van der Waals surface area contributed by atoms with Gasteiger partial charge in [-0.2, -0.15) is 0 Å². The summed E-state index contributed by atoms with van der Waals surface area (Å²) in [5, 5.41) is 0. The highest BCUT2D eigenvalue weighted by Gasteiger charge is 2.16. The van der Waals surface area contributed by atoms with E-state index in [9.17, 15) is 9.18 Å². The fourth-order valence-corrected chi connectivity index (χ4v) is 3.28. The van der Waals surface area contributed by atoms with Crippen LogP contribution in [-0.2, 0) is 11.3 Å². The van der Waals surface area contributed by atoms with Crippen LogP contribution in [0.25, 0.3) is 11.1 Å². The van der Waals surface area contributed by atoms with Gasteiger partial charge in [0.05, 0.1) is 12.7 Å². The molecule has 3 aromatic rings. The Labute approximate surface area is 171 Å². The van der Waals surface area contributed by atoms with Crippen molar-refractivity contribution in [2.75, 3.05) is 18.6 Å². The molecule has 0 aliphatic carbocycles. The number of carbonyl (C=O) groups is 1. The fraction of sp³-hybridized carbons (Fsp3) is 0.240. The summed E-state index contributed by atoms with van der Waals surface area (Å²) in [5.41, 5.74) is 4.29. The topological polar surface area (TPSA) is 29.5 Å². The fourth-order valence-electron chi connectivity index (χ4n) is 3.28. The molecule has 0 aromatic heterocycles. The quantitative estimate of drug-likeness (QED) is 0.436. The van der Waals surface area contributed by atoms with Crippen LogP contribution in [0.4, 0.5) is 10.1 Å². The Morgan fingerprint density at radius 3 is 2.31 bits per heavy atom. The Hall–Kier alpha value is -3.14. The van der Waals surface area contributed by atoms with Crippen LogP contribution in [0.15, 0.2) is 72.8 Å². The molecule has 0 amide bonds. The highest BCUT2D eigenvalue weighted by molar-refractivity contribution is 5.90. The van der Waals surface area contributed by atoms with Crippen molar-refractivity contribution < 1.29 is 13.9 Å². The van der Waals surface area contributed by atoms with E-state index in [0.717, 1.165) is 30.6 Å². The number of nitrogens with zero attached hydrogens (tertiary/aromatic N) is 1. The summed E-state index contributed by atoms with van der Waals surface area (Å²) >= 11 is 0. The standard InChI is InChI=1S/C25H26FNO2/c1-3-4-16-27(22-14-15-24(26)23(17-22)25(28)29-2)18-19-10-12-21(13-11-19)20-8-6-5-7-9-20/h5-15,17H,3-4,16,18H2,1-2H3. The van der Waals surface area contributed by atoms with Gasteiger partial charge in [-0.1, -0.05) is 67.9 Å². The Bertz CT molecular complexity index is 939. The molecule has 0 radical (unpaired) electrons. The molecule has 0 unspecified atom stereocenters. The molecule has 4 heteroatoms. The molecule has 0 saturated carbocycles. The molecule has 0 bridgehead atoms. The molecule has 0 saturated heterocycles. The van der Waals surface area contributed by atoms with Crippen molar-refractivity contribution in [1.82, 2.24) is 0 Å². The van der Waals surface area contributed by atoms with Crippen LogP contribution < -0.4 is 4.90 Å². The largest absolute Gasteiger partial charge is 0.465 e. The Kier molecular flexibility index (Phi) is 7.01. The first kappa shape index (κ1) is 20.6. The molecule has 0 aliphatic rings. The maximum atomic E-state index is 14.0. The number of hydrogen-bond donors (Lipinski definition) is 0. The van der Waals surface area contributed by atoms with Gasteiger partial charge in [-0.3, -0.25) is 0 Å². The number of halogens is 1. The Morgan fingerprint density at radius 1 is 0.966 bits per heavy atom. The van der Waals surface area contributed by atoms with Gasteiger partial charge in [-0.25, -0.2) is 9.18 Å². The molecule has 29 heavy (non-hydrogen) atoms. The number of methoxy groups -OCH3 is 1. The zero-order chi connectivity index (χ0) is 20.6. The van der Waals surface area contributed by atoms with Gasteiger partial charge in [-0.05, 0) is 41.3 Å². The van der Waals surface area contributed by atoms with Gasteiger partial charge in [0.2, 0.25) is 0 Å². The number of ether oxygens (including phenoxy) is 1. The maximum absolute atomic E-state index is 14.0. The van der Waals surface area contributed by atoms with E-state index in [1.165, 1.54) is 24.3 Å². The van der Waals surface area contributed by atoms with E-state index < -0.39 is 11.8 Å². The third-order valence-corrected chi connectivity index (χ3v) is 4.94. The van der Waals surface area contributed by atoms with Crippen molar-refractivity contribution in [1.29, 1.82) is 0 Å².